The van der Waals surface area contributed by atoms with Crippen LogP contribution >= 0.6 is 11.8 Å². The van der Waals surface area contributed by atoms with Crippen molar-refractivity contribution in [2.75, 3.05) is 0 Å². The van der Waals surface area contributed by atoms with E-state index in [0.29, 0.717) is 15.8 Å². The molecule has 6 heteroatoms. The van der Waals surface area contributed by atoms with Crippen molar-refractivity contribution < 1.29 is 13.6 Å². The Balaban J connectivity index is 1.80. The summed E-state index contributed by atoms with van der Waals surface area (Å²) in [6.07, 6.45) is 1.66. The molecule has 0 spiro atoms. The molecule has 1 heterocycles. The van der Waals surface area contributed by atoms with Crippen molar-refractivity contribution in [1.82, 2.24) is 5.32 Å². The zero-order chi connectivity index (χ0) is 15.5. The van der Waals surface area contributed by atoms with Crippen LogP contribution in [0.25, 0.3) is 6.08 Å². The molecule has 0 aliphatic carbocycles. The topological polar surface area (TPSA) is 41.5 Å². The number of rotatable bonds is 2. The molecular formula is C16H10F2N2OS. The summed E-state index contributed by atoms with van der Waals surface area (Å²) in [7, 11) is 0. The number of amides is 1. The number of amidine groups is 1. The maximum atomic E-state index is 12.9. The molecule has 1 N–H and O–H groups in total. The lowest BCUT2D eigenvalue weighted by atomic mass is 10.2. The maximum Gasteiger partial charge on any atom is 0.264 e. The molecule has 0 bridgehead atoms. The van der Waals surface area contributed by atoms with Crippen molar-refractivity contribution in [3.05, 3.63) is 70.6 Å². The maximum absolute atomic E-state index is 12.9. The molecule has 3 rings (SSSR count). The van der Waals surface area contributed by atoms with Crippen LogP contribution in [0.1, 0.15) is 5.56 Å². The third-order valence-corrected chi connectivity index (χ3v) is 3.79. The summed E-state index contributed by atoms with van der Waals surface area (Å²) in [4.78, 5) is 16.6. The molecule has 1 fully saturated rings. The van der Waals surface area contributed by atoms with E-state index in [-0.39, 0.29) is 17.5 Å². The second-order valence-electron chi connectivity index (χ2n) is 4.51. The van der Waals surface area contributed by atoms with Crippen molar-refractivity contribution >= 4 is 34.6 Å². The van der Waals surface area contributed by atoms with E-state index in [1.165, 1.54) is 48.2 Å². The third-order valence-electron chi connectivity index (χ3n) is 2.88. The molecule has 1 aliphatic heterocycles. The molecular weight excluding hydrogens is 306 g/mol. The van der Waals surface area contributed by atoms with Crippen molar-refractivity contribution in [1.29, 1.82) is 0 Å². The molecule has 0 unspecified atom stereocenters. The van der Waals surface area contributed by atoms with Crippen LogP contribution in [0, 0.1) is 11.6 Å². The van der Waals surface area contributed by atoms with E-state index in [4.69, 9.17) is 0 Å². The van der Waals surface area contributed by atoms with E-state index in [1.54, 1.807) is 18.2 Å². The Kier molecular flexibility index (Phi) is 4.02. The third kappa shape index (κ3) is 3.40. The number of halogens is 2. The smallest absolute Gasteiger partial charge is 0.264 e. The number of hydrogen-bond donors (Lipinski definition) is 1. The van der Waals surface area contributed by atoms with Crippen molar-refractivity contribution in [2.45, 2.75) is 0 Å². The lowest BCUT2D eigenvalue weighted by molar-refractivity contribution is -0.115. The average Bonchev–Trinajstić information content (AvgIpc) is 2.84. The summed E-state index contributed by atoms with van der Waals surface area (Å²) in [5.74, 6) is -0.941. The van der Waals surface area contributed by atoms with E-state index >= 15 is 0 Å². The molecule has 0 radical (unpaired) electrons. The van der Waals surface area contributed by atoms with Crippen LogP contribution in [0.15, 0.2) is 58.4 Å². The summed E-state index contributed by atoms with van der Waals surface area (Å²) < 4.78 is 25.7. The fourth-order valence-electron chi connectivity index (χ4n) is 1.82. The van der Waals surface area contributed by atoms with Gasteiger partial charge in [-0.2, -0.15) is 0 Å². The van der Waals surface area contributed by atoms with Gasteiger partial charge in [-0.25, -0.2) is 13.8 Å². The zero-order valence-corrected chi connectivity index (χ0v) is 12.0. The molecule has 0 saturated carbocycles. The second kappa shape index (κ2) is 6.11. The highest BCUT2D eigenvalue weighted by Gasteiger charge is 2.23. The highest BCUT2D eigenvalue weighted by Crippen LogP contribution is 2.28. The lowest BCUT2D eigenvalue weighted by Crippen LogP contribution is -2.19. The van der Waals surface area contributed by atoms with Gasteiger partial charge in [-0.05, 0) is 59.8 Å². The quantitative estimate of drug-likeness (QED) is 0.855. The first-order valence-electron chi connectivity index (χ1n) is 6.41. The number of hydrogen-bond acceptors (Lipinski definition) is 3. The molecule has 1 saturated heterocycles. The average molecular weight is 316 g/mol. The van der Waals surface area contributed by atoms with E-state index in [0.717, 1.165) is 5.56 Å². The number of thioether (sulfide) groups is 1. The van der Waals surface area contributed by atoms with Crippen LogP contribution < -0.4 is 5.32 Å². The Bertz CT molecular complexity index is 768. The minimum Gasteiger partial charge on any atom is -0.300 e. The van der Waals surface area contributed by atoms with Crippen molar-refractivity contribution in [3.63, 3.8) is 0 Å². The summed E-state index contributed by atoms with van der Waals surface area (Å²) in [6.45, 7) is 0. The van der Waals surface area contributed by atoms with Crippen LogP contribution in [0.3, 0.4) is 0 Å². The van der Waals surface area contributed by atoms with Crippen molar-refractivity contribution in [3.8, 4) is 0 Å². The molecule has 1 amide bonds. The Morgan fingerprint density at radius 2 is 1.55 bits per heavy atom. The van der Waals surface area contributed by atoms with Crippen LogP contribution in [-0.4, -0.2) is 11.1 Å². The molecule has 22 heavy (non-hydrogen) atoms. The highest BCUT2D eigenvalue weighted by atomic mass is 32.2. The number of benzene rings is 2. The lowest BCUT2D eigenvalue weighted by Gasteiger charge is -1.96. The fourth-order valence-corrected chi connectivity index (χ4v) is 2.67. The predicted octanol–water partition coefficient (Wildman–Crippen LogP) is 3.86. The number of carbonyl (C=O) groups is 1. The Labute approximate surface area is 129 Å². The number of nitrogens with one attached hydrogen (secondary N) is 1. The van der Waals surface area contributed by atoms with E-state index < -0.39 is 0 Å². The first-order chi connectivity index (χ1) is 10.6. The molecule has 1 aliphatic rings. The van der Waals surface area contributed by atoms with Gasteiger partial charge in [0, 0.05) is 0 Å². The Morgan fingerprint density at radius 3 is 2.18 bits per heavy atom. The van der Waals surface area contributed by atoms with Gasteiger partial charge in [0.05, 0.1) is 10.6 Å². The summed E-state index contributed by atoms with van der Waals surface area (Å²) >= 11 is 1.18. The number of aliphatic imine (C=N–C) groups is 1. The van der Waals surface area contributed by atoms with Gasteiger partial charge in [0.15, 0.2) is 5.17 Å². The van der Waals surface area contributed by atoms with Gasteiger partial charge in [-0.15, -0.1) is 0 Å². The normalized spacial score (nSPS) is 18.0. The summed E-state index contributed by atoms with van der Waals surface area (Å²) in [5, 5.41) is 3.06. The van der Waals surface area contributed by atoms with Gasteiger partial charge in [0.25, 0.3) is 5.91 Å². The van der Waals surface area contributed by atoms with Gasteiger partial charge in [-0.3, -0.25) is 4.79 Å². The van der Waals surface area contributed by atoms with Gasteiger partial charge in [0.2, 0.25) is 0 Å². The largest absolute Gasteiger partial charge is 0.300 e. The SMILES string of the molecule is O=C1NC(=Nc2ccc(F)cc2)S/C1=C\c1ccc(F)cc1. The van der Waals surface area contributed by atoms with Gasteiger partial charge in [-0.1, -0.05) is 12.1 Å². The molecule has 110 valence electrons. The van der Waals surface area contributed by atoms with E-state index in [9.17, 15) is 13.6 Å². The summed E-state index contributed by atoms with van der Waals surface area (Å²) in [5.41, 5.74) is 1.27. The highest BCUT2D eigenvalue weighted by molar-refractivity contribution is 8.18. The van der Waals surface area contributed by atoms with Crippen LogP contribution in [0.4, 0.5) is 14.5 Å². The van der Waals surface area contributed by atoms with Gasteiger partial charge < -0.3 is 5.32 Å². The molecule has 0 aromatic heterocycles. The Hall–Kier alpha value is -2.47. The molecule has 3 nitrogen and oxygen atoms in total. The predicted molar refractivity (Wildman–Crippen MR) is 83.6 cm³/mol. The standard InChI is InChI=1S/C16H10F2N2OS/c17-11-3-1-10(2-4-11)9-14-15(21)20-16(22-14)19-13-7-5-12(18)6-8-13/h1-9H,(H,19,20,21)/b14-9-. The first kappa shape index (κ1) is 14.5. The molecule has 0 atom stereocenters. The number of nitrogens with zero attached hydrogens (tertiary/aromatic N) is 1. The van der Waals surface area contributed by atoms with Gasteiger partial charge >= 0.3 is 0 Å². The van der Waals surface area contributed by atoms with E-state index in [2.05, 4.69) is 10.3 Å². The van der Waals surface area contributed by atoms with Gasteiger partial charge in [0.1, 0.15) is 11.6 Å². The summed E-state index contributed by atoms with van der Waals surface area (Å²) in [6, 6.07) is 11.5. The second-order valence-corrected chi connectivity index (χ2v) is 5.54. The molecule has 2 aromatic rings. The minimum absolute atomic E-state index is 0.268. The number of carbonyl (C=O) groups excluding carboxylic acids is 1. The van der Waals surface area contributed by atoms with Crippen LogP contribution in [0.2, 0.25) is 0 Å². The zero-order valence-electron chi connectivity index (χ0n) is 11.2. The van der Waals surface area contributed by atoms with E-state index in [1.807, 2.05) is 0 Å². The fraction of sp³-hybridized carbons (Fsp3) is 0. The first-order valence-corrected chi connectivity index (χ1v) is 7.22. The molecule has 2 aromatic carbocycles. The minimum atomic E-state index is -0.344. The Morgan fingerprint density at radius 1 is 0.955 bits per heavy atom. The van der Waals surface area contributed by atoms with Crippen LogP contribution in [-0.2, 0) is 4.79 Å². The van der Waals surface area contributed by atoms with Crippen molar-refractivity contribution in [2.24, 2.45) is 4.99 Å². The monoisotopic (exact) mass is 316 g/mol. The van der Waals surface area contributed by atoms with Crippen LogP contribution in [0.5, 0.6) is 0 Å².